The maximum absolute atomic E-state index is 15.1. The molecule has 6 rings (SSSR count). The SMILES string of the molecule is Cn1cnnc1-c1ccccc1-c1ccc(F)c(-c2nc3cc(CNCC(O)C4CC4)cc(C(F)(F)F)c3o2)c1. The number of alkyl halides is 3. The van der Waals surface area contributed by atoms with Crippen molar-refractivity contribution in [3.8, 4) is 34.0 Å². The Hall–Kier alpha value is -4.09. The van der Waals surface area contributed by atoms with Crippen molar-refractivity contribution in [1.82, 2.24) is 25.1 Å². The Kier molecular flexibility index (Phi) is 6.63. The maximum Gasteiger partial charge on any atom is 0.420 e. The van der Waals surface area contributed by atoms with E-state index in [1.54, 1.807) is 24.0 Å². The molecule has 1 atom stereocenters. The summed E-state index contributed by atoms with van der Waals surface area (Å²) >= 11 is 0. The fourth-order valence-electron chi connectivity index (χ4n) is 4.84. The standard InChI is InChI=1S/C29H25F4N5O2/c1-38-15-35-37-27(38)20-5-3-2-4-19(20)18-8-9-23(30)21(12-18)28-36-24-11-16(13-34-14-25(39)17-6-7-17)10-22(26(24)40-28)29(31,32)33/h2-5,8-12,15,17,25,34,39H,6-7,13-14H2,1H3. The number of benzene rings is 3. The first-order chi connectivity index (χ1) is 19.2. The zero-order valence-corrected chi connectivity index (χ0v) is 21.4. The van der Waals surface area contributed by atoms with Gasteiger partial charge in [0.05, 0.1) is 11.7 Å². The van der Waals surface area contributed by atoms with Crippen LogP contribution in [-0.2, 0) is 19.8 Å². The van der Waals surface area contributed by atoms with Gasteiger partial charge in [0.25, 0.3) is 0 Å². The van der Waals surface area contributed by atoms with E-state index in [1.807, 2.05) is 24.3 Å². The smallest absolute Gasteiger partial charge is 0.420 e. The lowest BCUT2D eigenvalue weighted by atomic mass is 9.97. The molecule has 7 nitrogen and oxygen atoms in total. The van der Waals surface area contributed by atoms with Crippen molar-refractivity contribution in [2.24, 2.45) is 13.0 Å². The highest BCUT2D eigenvalue weighted by Gasteiger charge is 2.36. The Morgan fingerprint density at radius 2 is 1.85 bits per heavy atom. The van der Waals surface area contributed by atoms with E-state index < -0.39 is 29.2 Å². The number of aliphatic hydroxyl groups excluding tert-OH is 1. The molecule has 0 radical (unpaired) electrons. The molecule has 1 aliphatic rings. The summed E-state index contributed by atoms with van der Waals surface area (Å²) in [5.74, 6) is -0.0954. The number of aromatic nitrogens is 4. The number of aryl methyl sites for hydroxylation is 1. The lowest BCUT2D eigenvalue weighted by Crippen LogP contribution is -2.27. The lowest BCUT2D eigenvalue weighted by molar-refractivity contribution is -0.136. The normalized spacial score (nSPS) is 14.7. The van der Waals surface area contributed by atoms with Crippen LogP contribution >= 0.6 is 0 Å². The molecule has 2 aromatic heterocycles. The third-order valence-corrected chi connectivity index (χ3v) is 7.09. The van der Waals surface area contributed by atoms with Gasteiger partial charge in [-0.2, -0.15) is 13.2 Å². The highest BCUT2D eigenvalue weighted by Crippen LogP contribution is 2.39. The van der Waals surface area contributed by atoms with Gasteiger partial charge >= 0.3 is 6.18 Å². The van der Waals surface area contributed by atoms with Gasteiger partial charge in [0.1, 0.15) is 23.2 Å². The van der Waals surface area contributed by atoms with Crippen LogP contribution in [-0.4, -0.2) is 37.5 Å². The average molecular weight is 552 g/mol. The van der Waals surface area contributed by atoms with Crippen LogP contribution in [0.3, 0.4) is 0 Å². The van der Waals surface area contributed by atoms with Gasteiger partial charge in [-0.15, -0.1) is 10.2 Å². The fraction of sp³-hybridized carbons (Fsp3) is 0.276. The summed E-state index contributed by atoms with van der Waals surface area (Å²) in [5, 5.41) is 21.2. The topological polar surface area (TPSA) is 89.0 Å². The van der Waals surface area contributed by atoms with Crippen molar-refractivity contribution in [3.05, 3.63) is 77.9 Å². The molecule has 0 saturated heterocycles. The zero-order valence-electron chi connectivity index (χ0n) is 21.4. The number of halogens is 4. The zero-order chi connectivity index (χ0) is 28.0. The summed E-state index contributed by atoms with van der Waals surface area (Å²) in [4.78, 5) is 4.27. The Morgan fingerprint density at radius 3 is 2.55 bits per heavy atom. The van der Waals surface area contributed by atoms with Gasteiger partial charge in [-0.25, -0.2) is 9.37 Å². The number of rotatable bonds is 8. The first-order valence-corrected chi connectivity index (χ1v) is 12.8. The fourth-order valence-corrected chi connectivity index (χ4v) is 4.84. The van der Waals surface area contributed by atoms with Gasteiger partial charge in [0.2, 0.25) is 5.89 Å². The number of nitrogens with one attached hydrogen (secondary N) is 1. The van der Waals surface area contributed by atoms with Crippen LogP contribution < -0.4 is 5.32 Å². The monoisotopic (exact) mass is 551 g/mol. The van der Waals surface area contributed by atoms with Gasteiger partial charge < -0.3 is 19.4 Å². The molecule has 206 valence electrons. The Morgan fingerprint density at radius 1 is 1.07 bits per heavy atom. The van der Waals surface area contributed by atoms with Crippen LogP contribution in [0.4, 0.5) is 17.6 Å². The van der Waals surface area contributed by atoms with Crippen LogP contribution in [0.25, 0.3) is 45.1 Å². The van der Waals surface area contributed by atoms with Gasteiger partial charge in [-0.1, -0.05) is 30.3 Å². The minimum absolute atomic E-state index is 0.0337. The second kappa shape index (κ2) is 10.1. The van der Waals surface area contributed by atoms with E-state index >= 15 is 4.39 Å². The average Bonchev–Trinajstić information content (AvgIpc) is 3.56. The second-order valence-corrected chi connectivity index (χ2v) is 10.0. The van der Waals surface area contributed by atoms with Crippen LogP contribution in [0.2, 0.25) is 0 Å². The summed E-state index contributed by atoms with van der Waals surface area (Å²) in [6.07, 6.45) is -1.76. The highest BCUT2D eigenvalue weighted by molar-refractivity contribution is 5.84. The van der Waals surface area contributed by atoms with Crippen LogP contribution in [0.15, 0.2) is 65.3 Å². The van der Waals surface area contributed by atoms with E-state index in [9.17, 15) is 18.3 Å². The van der Waals surface area contributed by atoms with Gasteiger partial charge in [-0.3, -0.25) is 0 Å². The van der Waals surface area contributed by atoms with Crippen LogP contribution in [0.1, 0.15) is 24.0 Å². The van der Waals surface area contributed by atoms with E-state index in [4.69, 9.17) is 4.42 Å². The van der Waals surface area contributed by atoms with E-state index in [0.29, 0.717) is 17.0 Å². The minimum atomic E-state index is -4.71. The van der Waals surface area contributed by atoms with Crippen molar-refractivity contribution in [3.63, 3.8) is 0 Å². The molecule has 1 fully saturated rings. The van der Waals surface area contributed by atoms with Crippen molar-refractivity contribution in [1.29, 1.82) is 0 Å². The molecule has 40 heavy (non-hydrogen) atoms. The molecule has 0 bridgehead atoms. The second-order valence-electron chi connectivity index (χ2n) is 10.0. The number of hydrogen-bond donors (Lipinski definition) is 2. The third kappa shape index (κ3) is 5.09. The molecule has 1 aliphatic carbocycles. The molecular formula is C29H25F4N5O2. The summed E-state index contributed by atoms with van der Waals surface area (Å²) in [5.41, 5.74) is 0.855. The molecule has 0 amide bonds. The van der Waals surface area contributed by atoms with Gasteiger partial charge in [0.15, 0.2) is 11.4 Å². The number of nitrogens with zero attached hydrogens (tertiary/aromatic N) is 4. The molecule has 1 saturated carbocycles. The van der Waals surface area contributed by atoms with Gasteiger partial charge in [-0.05, 0) is 59.7 Å². The molecule has 2 N–H and O–H groups in total. The predicted octanol–water partition coefficient (Wildman–Crippen LogP) is 5.98. The maximum atomic E-state index is 15.1. The first-order valence-electron chi connectivity index (χ1n) is 12.8. The number of hydrogen-bond acceptors (Lipinski definition) is 6. The third-order valence-electron chi connectivity index (χ3n) is 7.09. The Balaban J connectivity index is 1.38. The number of oxazole rings is 1. The van der Waals surface area contributed by atoms with Crippen molar-refractivity contribution < 1.29 is 27.1 Å². The van der Waals surface area contributed by atoms with Crippen molar-refractivity contribution in [2.45, 2.75) is 31.7 Å². The summed E-state index contributed by atoms with van der Waals surface area (Å²) in [6.45, 7) is 0.385. The largest absolute Gasteiger partial charge is 0.435 e. The van der Waals surface area contributed by atoms with E-state index in [0.717, 1.165) is 30.0 Å². The number of fused-ring (bicyclic) bond motifs is 1. The van der Waals surface area contributed by atoms with Crippen LogP contribution in [0, 0.1) is 11.7 Å². The number of aliphatic hydroxyl groups is 1. The summed E-state index contributed by atoms with van der Waals surface area (Å²) < 4.78 is 64.5. The Labute approximate surface area is 226 Å². The van der Waals surface area contributed by atoms with Crippen LogP contribution in [0.5, 0.6) is 0 Å². The molecular weight excluding hydrogens is 526 g/mol. The molecule has 0 aliphatic heterocycles. The Bertz CT molecular complexity index is 1690. The first kappa shape index (κ1) is 26.1. The van der Waals surface area contributed by atoms with Crippen molar-refractivity contribution >= 4 is 11.1 Å². The molecule has 2 heterocycles. The minimum Gasteiger partial charge on any atom is -0.435 e. The van der Waals surface area contributed by atoms with Gasteiger partial charge in [0, 0.05) is 25.7 Å². The molecule has 11 heteroatoms. The lowest BCUT2D eigenvalue weighted by Gasteiger charge is -2.12. The van der Waals surface area contributed by atoms with Crippen molar-refractivity contribution in [2.75, 3.05) is 6.54 Å². The van der Waals surface area contributed by atoms with E-state index in [-0.39, 0.29) is 36.0 Å². The highest BCUT2D eigenvalue weighted by atomic mass is 19.4. The van der Waals surface area contributed by atoms with E-state index in [1.165, 1.54) is 18.2 Å². The molecule has 5 aromatic rings. The summed E-state index contributed by atoms with van der Waals surface area (Å²) in [7, 11) is 1.80. The van der Waals surface area contributed by atoms with E-state index in [2.05, 4.69) is 20.5 Å². The molecule has 0 spiro atoms. The molecule has 3 aromatic carbocycles. The summed E-state index contributed by atoms with van der Waals surface area (Å²) in [6, 6.07) is 14.2. The predicted molar refractivity (Wildman–Crippen MR) is 140 cm³/mol. The quantitative estimate of drug-likeness (QED) is 0.231. The molecule has 1 unspecified atom stereocenters.